The minimum Gasteiger partial charge on any atom is -0.348 e. The molecule has 0 aliphatic carbocycles. The fraction of sp³-hybridized carbons (Fsp3) is 0.143. The molecule has 2 rings (SSSR count). The number of amides is 1. The summed E-state index contributed by atoms with van der Waals surface area (Å²) in [7, 11) is 0. The molecule has 0 saturated heterocycles. The number of aromatic nitrogens is 2. The van der Waals surface area contributed by atoms with Gasteiger partial charge in [-0.05, 0) is 31.2 Å². The molecule has 0 fully saturated rings. The molecule has 0 radical (unpaired) electrons. The molecule has 5 heteroatoms. The third kappa shape index (κ3) is 2.93. The van der Waals surface area contributed by atoms with E-state index in [1.807, 2.05) is 31.2 Å². The number of hydrogen-bond acceptors (Lipinski definition) is 2. The van der Waals surface area contributed by atoms with E-state index < -0.39 is 0 Å². The summed E-state index contributed by atoms with van der Waals surface area (Å²) in [6.07, 6.45) is 3.22. The SMILES string of the molecule is C=CCNC(=O)c1cnn(-c2ccc(Br)cc2)c1C. The molecule has 0 saturated carbocycles. The minimum atomic E-state index is -0.138. The summed E-state index contributed by atoms with van der Waals surface area (Å²) in [5.41, 5.74) is 2.30. The Kier molecular flexibility index (Phi) is 4.16. The maximum Gasteiger partial charge on any atom is 0.255 e. The van der Waals surface area contributed by atoms with Crippen molar-refractivity contribution < 1.29 is 4.79 Å². The summed E-state index contributed by atoms with van der Waals surface area (Å²) >= 11 is 3.39. The van der Waals surface area contributed by atoms with Crippen molar-refractivity contribution in [3.63, 3.8) is 0 Å². The van der Waals surface area contributed by atoms with E-state index in [2.05, 4.69) is 32.9 Å². The average Bonchev–Trinajstić information content (AvgIpc) is 2.79. The summed E-state index contributed by atoms with van der Waals surface area (Å²) in [6.45, 7) is 5.89. The molecule has 0 aliphatic rings. The molecule has 1 N–H and O–H groups in total. The van der Waals surface area contributed by atoms with Gasteiger partial charge in [0.1, 0.15) is 0 Å². The fourth-order valence-corrected chi connectivity index (χ4v) is 2.00. The first kappa shape index (κ1) is 13.5. The summed E-state index contributed by atoms with van der Waals surface area (Å²) in [4.78, 5) is 11.9. The zero-order valence-electron chi connectivity index (χ0n) is 10.6. The Morgan fingerprint density at radius 2 is 2.16 bits per heavy atom. The van der Waals surface area contributed by atoms with Gasteiger partial charge >= 0.3 is 0 Å². The largest absolute Gasteiger partial charge is 0.348 e. The van der Waals surface area contributed by atoms with Crippen LogP contribution in [0.15, 0.2) is 47.6 Å². The first-order valence-corrected chi connectivity index (χ1v) is 6.62. The quantitative estimate of drug-likeness (QED) is 0.881. The highest BCUT2D eigenvalue weighted by Gasteiger charge is 2.14. The zero-order chi connectivity index (χ0) is 13.8. The molecule has 0 bridgehead atoms. The second-order valence-electron chi connectivity index (χ2n) is 4.03. The molecule has 0 atom stereocenters. The first-order valence-electron chi connectivity index (χ1n) is 5.83. The van der Waals surface area contributed by atoms with Crippen molar-refractivity contribution in [1.29, 1.82) is 0 Å². The second-order valence-corrected chi connectivity index (χ2v) is 4.95. The number of carbonyl (C=O) groups is 1. The van der Waals surface area contributed by atoms with E-state index in [-0.39, 0.29) is 5.91 Å². The van der Waals surface area contributed by atoms with Crippen LogP contribution >= 0.6 is 15.9 Å². The fourth-order valence-electron chi connectivity index (χ4n) is 1.74. The van der Waals surface area contributed by atoms with Crippen LogP contribution in [0, 0.1) is 6.92 Å². The molecular formula is C14H14BrN3O. The van der Waals surface area contributed by atoms with Crippen molar-refractivity contribution in [2.24, 2.45) is 0 Å². The van der Waals surface area contributed by atoms with Gasteiger partial charge in [0.15, 0.2) is 0 Å². The zero-order valence-corrected chi connectivity index (χ0v) is 12.1. The lowest BCUT2D eigenvalue weighted by atomic mass is 10.2. The van der Waals surface area contributed by atoms with Crippen LogP contribution < -0.4 is 5.32 Å². The van der Waals surface area contributed by atoms with E-state index in [1.165, 1.54) is 0 Å². The van der Waals surface area contributed by atoms with Crippen LogP contribution in [-0.4, -0.2) is 22.2 Å². The number of hydrogen-bond donors (Lipinski definition) is 1. The van der Waals surface area contributed by atoms with Gasteiger partial charge in [0.05, 0.1) is 23.1 Å². The first-order chi connectivity index (χ1) is 9.13. The molecule has 0 unspecified atom stereocenters. The highest BCUT2D eigenvalue weighted by Crippen LogP contribution is 2.17. The van der Waals surface area contributed by atoms with E-state index in [4.69, 9.17) is 0 Å². The van der Waals surface area contributed by atoms with Crippen LogP contribution in [0.1, 0.15) is 16.1 Å². The van der Waals surface area contributed by atoms with Gasteiger partial charge in [-0.1, -0.05) is 22.0 Å². The molecule has 2 aromatic rings. The van der Waals surface area contributed by atoms with Gasteiger partial charge in [0.2, 0.25) is 0 Å². The number of halogens is 1. The summed E-state index contributed by atoms with van der Waals surface area (Å²) < 4.78 is 2.75. The minimum absolute atomic E-state index is 0.138. The van der Waals surface area contributed by atoms with Gasteiger partial charge in [0.25, 0.3) is 5.91 Å². The molecule has 1 aromatic heterocycles. The summed E-state index contributed by atoms with van der Waals surface area (Å²) in [5, 5.41) is 7.01. The molecule has 98 valence electrons. The Bertz CT molecular complexity index is 602. The number of rotatable bonds is 4. The van der Waals surface area contributed by atoms with Crippen molar-refractivity contribution in [3.8, 4) is 5.69 Å². The number of nitrogens with one attached hydrogen (secondary N) is 1. The molecule has 1 aromatic carbocycles. The second kappa shape index (κ2) is 5.84. The Hall–Kier alpha value is -1.88. The lowest BCUT2D eigenvalue weighted by Crippen LogP contribution is -2.23. The van der Waals surface area contributed by atoms with Crippen LogP contribution in [0.3, 0.4) is 0 Å². The molecule has 0 spiro atoms. The summed E-state index contributed by atoms with van der Waals surface area (Å²) in [5.74, 6) is -0.138. The number of benzene rings is 1. The van der Waals surface area contributed by atoms with Crippen LogP contribution in [0.4, 0.5) is 0 Å². The highest BCUT2D eigenvalue weighted by molar-refractivity contribution is 9.10. The Labute approximate surface area is 120 Å². The standard InChI is InChI=1S/C14H14BrN3O/c1-3-8-16-14(19)13-9-17-18(10(13)2)12-6-4-11(15)5-7-12/h3-7,9H,1,8H2,2H3,(H,16,19). The maximum atomic E-state index is 11.9. The number of nitrogens with zero attached hydrogens (tertiary/aromatic N) is 2. The predicted octanol–water partition coefficient (Wildman–Crippen LogP) is 2.86. The molecule has 0 aliphatic heterocycles. The van der Waals surface area contributed by atoms with E-state index in [0.29, 0.717) is 12.1 Å². The van der Waals surface area contributed by atoms with Crippen molar-refractivity contribution >= 4 is 21.8 Å². The molecule has 1 heterocycles. The molecular weight excluding hydrogens is 306 g/mol. The normalized spacial score (nSPS) is 10.2. The average molecular weight is 320 g/mol. The molecule has 19 heavy (non-hydrogen) atoms. The van der Waals surface area contributed by atoms with Crippen molar-refractivity contribution in [2.45, 2.75) is 6.92 Å². The smallest absolute Gasteiger partial charge is 0.255 e. The van der Waals surface area contributed by atoms with Gasteiger partial charge < -0.3 is 5.32 Å². The van der Waals surface area contributed by atoms with Crippen LogP contribution in [0.2, 0.25) is 0 Å². The van der Waals surface area contributed by atoms with Crippen molar-refractivity contribution in [1.82, 2.24) is 15.1 Å². The third-order valence-electron chi connectivity index (χ3n) is 2.73. The monoisotopic (exact) mass is 319 g/mol. The maximum absolute atomic E-state index is 11.9. The van der Waals surface area contributed by atoms with E-state index in [0.717, 1.165) is 15.9 Å². The Morgan fingerprint density at radius 1 is 1.47 bits per heavy atom. The predicted molar refractivity (Wildman–Crippen MR) is 78.5 cm³/mol. The van der Waals surface area contributed by atoms with Gasteiger partial charge in [-0.15, -0.1) is 6.58 Å². The lowest BCUT2D eigenvalue weighted by Gasteiger charge is -2.05. The Morgan fingerprint density at radius 3 is 2.79 bits per heavy atom. The van der Waals surface area contributed by atoms with Gasteiger partial charge in [0, 0.05) is 11.0 Å². The third-order valence-corrected chi connectivity index (χ3v) is 3.26. The van der Waals surface area contributed by atoms with E-state index in [1.54, 1.807) is 17.0 Å². The lowest BCUT2D eigenvalue weighted by molar-refractivity contribution is 0.0957. The van der Waals surface area contributed by atoms with Crippen LogP contribution in [0.25, 0.3) is 5.69 Å². The van der Waals surface area contributed by atoms with E-state index >= 15 is 0 Å². The topological polar surface area (TPSA) is 46.9 Å². The van der Waals surface area contributed by atoms with Crippen molar-refractivity contribution in [3.05, 3.63) is 58.8 Å². The van der Waals surface area contributed by atoms with Crippen molar-refractivity contribution in [2.75, 3.05) is 6.54 Å². The highest BCUT2D eigenvalue weighted by atomic mass is 79.9. The van der Waals surface area contributed by atoms with Gasteiger partial charge in [-0.3, -0.25) is 4.79 Å². The Balaban J connectivity index is 2.30. The molecule has 4 nitrogen and oxygen atoms in total. The van der Waals surface area contributed by atoms with Crippen LogP contribution in [-0.2, 0) is 0 Å². The molecule has 1 amide bonds. The summed E-state index contributed by atoms with van der Waals surface area (Å²) in [6, 6.07) is 7.76. The van der Waals surface area contributed by atoms with Crippen LogP contribution in [0.5, 0.6) is 0 Å². The van der Waals surface area contributed by atoms with Gasteiger partial charge in [-0.2, -0.15) is 5.10 Å². The number of carbonyl (C=O) groups excluding carboxylic acids is 1. The van der Waals surface area contributed by atoms with Gasteiger partial charge in [-0.25, -0.2) is 4.68 Å². The van der Waals surface area contributed by atoms with E-state index in [9.17, 15) is 4.79 Å².